The summed E-state index contributed by atoms with van der Waals surface area (Å²) in [6.07, 6.45) is 0.404. The summed E-state index contributed by atoms with van der Waals surface area (Å²) in [6, 6.07) is 16.5. The SMILES string of the molecule is Cc1[nH]c(-c2ccccc2Oc2ccccc2CCC(=O)O)cc1C(N)=O. The minimum atomic E-state index is -0.856. The number of aliphatic carboxylic acids is 1. The van der Waals surface area contributed by atoms with Crippen molar-refractivity contribution >= 4 is 11.9 Å². The molecule has 0 bridgehead atoms. The molecule has 6 nitrogen and oxygen atoms in total. The molecule has 0 saturated heterocycles. The van der Waals surface area contributed by atoms with Crippen molar-refractivity contribution in [2.45, 2.75) is 19.8 Å². The Hall–Kier alpha value is -3.54. The van der Waals surface area contributed by atoms with Gasteiger partial charge in [0.1, 0.15) is 11.5 Å². The van der Waals surface area contributed by atoms with E-state index in [0.717, 1.165) is 16.8 Å². The Kier molecular flexibility index (Phi) is 5.26. The minimum Gasteiger partial charge on any atom is -0.481 e. The fourth-order valence-electron chi connectivity index (χ4n) is 2.91. The second-order valence-corrected chi connectivity index (χ2v) is 6.19. The summed E-state index contributed by atoms with van der Waals surface area (Å²) in [6.45, 7) is 1.79. The topological polar surface area (TPSA) is 105 Å². The number of carbonyl (C=O) groups is 2. The standard InChI is InChI=1S/C21H20N2O4/c1-13-16(21(22)26)12-17(23-13)15-7-3-5-9-19(15)27-18-8-4-2-6-14(18)10-11-20(24)25/h2-9,12,23H,10-11H2,1H3,(H2,22,26)(H,24,25). The number of benzene rings is 2. The van der Waals surface area contributed by atoms with E-state index in [0.29, 0.717) is 29.2 Å². The van der Waals surface area contributed by atoms with Gasteiger partial charge in [-0.25, -0.2) is 0 Å². The molecule has 1 aromatic heterocycles. The van der Waals surface area contributed by atoms with Gasteiger partial charge >= 0.3 is 5.97 Å². The Balaban J connectivity index is 1.95. The van der Waals surface area contributed by atoms with E-state index in [4.69, 9.17) is 15.6 Å². The third kappa shape index (κ3) is 4.17. The third-order valence-corrected chi connectivity index (χ3v) is 4.26. The first-order chi connectivity index (χ1) is 13.0. The predicted octanol–water partition coefficient (Wildman–Crippen LogP) is 3.90. The highest BCUT2D eigenvalue weighted by Gasteiger charge is 2.15. The number of nitrogens with two attached hydrogens (primary N) is 1. The van der Waals surface area contributed by atoms with Gasteiger partial charge in [-0.3, -0.25) is 9.59 Å². The molecular weight excluding hydrogens is 344 g/mol. The number of aromatic amines is 1. The van der Waals surface area contributed by atoms with Crippen LogP contribution in [0.4, 0.5) is 0 Å². The van der Waals surface area contributed by atoms with E-state index in [2.05, 4.69) is 4.98 Å². The maximum absolute atomic E-state index is 11.5. The molecule has 1 amide bonds. The highest BCUT2D eigenvalue weighted by atomic mass is 16.5. The Morgan fingerprint density at radius 3 is 2.41 bits per heavy atom. The summed E-state index contributed by atoms with van der Waals surface area (Å²) >= 11 is 0. The highest BCUT2D eigenvalue weighted by Crippen LogP contribution is 2.35. The Morgan fingerprint density at radius 2 is 1.74 bits per heavy atom. The van der Waals surface area contributed by atoms with Gasteiger partial charge in [0.15, 0.2) is 0 Å². The zero-order chi connectivity index (χ0) is 19.4. The summed E-state index contributed by atoms with van der Waals surface area (Å²) < 4.78 is 6.11. The lowest BCUT2D eigenvalue weighted by atomic mass is 10.1. The summed E-state index contributed by atoms with van der Waals surface area (Å²) in [5, 5.41) is 8.94. The maximum atomic E-state index is 11.5. The molecule has 0 fully saturated rings. The zero-order valence-corrected chi connectivity index (χ0v) is 14.9. The number of aryl methyl sites for hydroxylation is 2. The third-order valence-electron chi connectivity index (χ3n) is 4.26. The number of ether oxygens (including phenoxy) is 1. The van der Waals surface area contributed by atoms with Crippen LogP contribution in [0.3, 0.4) is 0 Å². The van der Waals surface area contributed by atoms with Crippen LogP contribution in [0.5, 0.6) is 11.5 Å². The maximum Gasteiger partial charge on any atom is 0.303 e. The van der Waals surface area contributed by atoms with E-state index >= 15 is 0 Å². The van der Waals surface area contributed by atoms with E-state index in [1.54, 1.807) is 13.0 Å². The van der Waals surface area contributed by atoms with Crippen LogP contribution in [0.25, 0.3) is 11.3 Å². The molecule has 0 spiro atoms. The molecule has 0 radical (unpaired) electrons. The molecule has 0 aliphatic heterocycles. The number of aromatic nitrogens is 1. The van der Waals surface area contributed by atoms with Crippen molar-refractivity contribution in [2.24, 2.45) is 5.73 Å². The Morgan fingerprint density at radius 1 is 1.07 bits per heavy atom. The second kappa shape index (κ2) is 7.78. The van der Waals surface area contributed by atoms with Crippen molar-refractivity contribution < 1.29 is 19.4 Å². The number of H-pyrrole nitrogens is 1. The second-order valence-electron chi connectivity index (χ2n) is 6.19. The smallest absolute Gasteiger partial charge is 0.303 e. The van der Waals surface area contributed by atoms with Crippen molar-refractivity contribution in [3.63, 3.8) is 0 Å². The highest BCUT2D eigenvalue weighted by molar-refractivity contribution is 5.95. The van der Waals surface area contributed by atoms with Crippen molar-refractivity contribution in [3.05, 3.63) is 71.4 Å². The molecule has 4 N–H and O–H groups in total. The van der Waals surface area contributed by atoms with Crippen LogP contribution in [0.15, 0.2) is 54.6 Å². The first-order valence-corrected chi connectivity index (χ1v) is 8.52. The lowest BCUT2D eigenvalue weighted by Gasteiger charge is -2.13. The van der Waals surface area contributed by atoms with Crippen molar-refractivity contribution in [1.29, 1.82) is 0 Å². The molecule has 27 heavy (non-hydrogen) atoms. The summed E-state index contributed by atoms with van der Waals surface area (Å²) in [5.74, 6) is -0.152. The quantitative estimate of drug-likeness (QED) is 0.591. The number of para-hydroxylation sites is 2. The Bertz CT molecular complexity index is 991. The van der Waals surface area contributed by atoms with Gasteiger partial charge < -0.3 is 20.6 Å². The van der Waals surface area contributed by atoms with Crippen LogP contribution >= 0.6 is 0 Å². The number of carboxylic acid groups (broad SMARTS) is 1. The molecule has 1 heterocycles. The van der Waals surface area contributed by atoms with E-state index in [-0.39, 0.29) is 6.42 Å². The molecule has 3 aromatic rings. The molecule has 0 unspecified atom stereocenters. The van der Waals surface area contributed by atoms with Gasteiger partial charge in [0.05, 0.1) is 11.3 Å². The van der Waals surface area contributed by atoms with Crippen LogP contribution in [0.2, 0.25) is 0 Å². The predicted molar refractivity (Wildman–Crippen MR) is 102 cm³/mol. The van der Waals surface area contributed by atoms with Gasteiger partial charge in [-0.2, -0.15) is 0 Å². The van der Waals surface area contributed by atoms with Crippen LogP contribution in [-0.4, -0.2) is 22.0 Å². The zero-order valence-electron chi connectivity index (χ0n) is 14.9. The number of carboxylic acids is 1. The molecular formula is C21H20N2O4. The average Bonchev–Trinajstić information content (AvgIpc) is 3.03. The van der Waals surface area contributed by atoms with Crippen molar-refractivity contribution in [1.82, 2.24) is 4.98 Å². The van der Waals surface area contributed by atoms with Gasteiger partial charge in [0.2, 0.25) is 0 Å². The molecule has 3 rings (SSSR count). The lowest BCUT2D eigenvalue weighted by molar-refractivity contribution is -0.136. The van der Waals surface area contributed by atoms with Crippen molar-refractivity contribution in [3.8, 4) is 22.8 Å². The molecule has 0 aliphatic rings. The molecule has 2 aromatic carbocycles. The lowest BCUT2D eigenvalue weighted by Crippen LogP contribution is -2.10. The van der Waals surface area contributed by atoms with E-state index in [1.165, 1.54) is 0 Å². The fourth-order valence-corrected chi connectivity index (χ4v) is 2.91. The average molecular weight is 364 g/mol. The van der Waals surface area contributed by atoms with Crippen LogP contribution in [0, 0.1) is 6.92 Å². The van der Waals surface area contributed by atoms with Gasteiger partial charge in [-0.05, 0) is 43.2 Å². The molecule has 0 aliphatic carbocycles. The molecule has 6 heteroatoms. The summed E-state index contributed by atoms with van der Waals surface area (Å²) in [7, 11) is 0. The summed E-state index contributed by atoms with van der Waals surface area (Å²) in [4.78, 5) is 25.6. The number of amides is 1. The number of nitrogens with one attached hydrogen (secondary N) is 1. The minimum absolute atomic E-state index is 0.0276. The Labute approximate surface area is 156 Å². The van der Waals surface area contributed by atoms with Crippen LogP contribution in [-0.2, 0) is 11.2 Å². The van der Waals surface area contributed by atoms with E-state index < -0.39 is 11.9 Å². The van der Waals surface area contributed by atoms with Crippen molar-refractivity contribution in [2.75, 3.05) is 0 Å². The van der Waals surface area contributed by atoms with Gasteiger partial charge in [0, 0.05) is 17.7 Å². The largest absolute Gasteiger partial charge is 0.481 e. The monoisotopic (exact) mass is 364 g/mol. The van der Waals surface area contributed by atoms with E-state index in [9.17, 15) is 9.59 Å². The van der Waals surface area contributed by atoms with Gasteiger partial charge in [0.25, 0.3) is 5.91 Å². The summed E-state index contributed by atoms with van der Waals surface area (Å²) in [5.41, 5.74) is 8.84. The molecule has 138 valence electrons. The van der Waals surface area contributed by atoms with E-state index in [1.807, 2.05) is 48.5 Å². The first-order valence-electron chi connectivity index (χ1n) is 8.52. The van der Waals surface area contributed by atoms with Crippen LogP contribution in [0.1, 0.15) is 28.0 Å². The number of hydrogen-bond donors (Lipinski definition) is 3. The van der Waals surface area contributed by atoms with Gasteiger partial charge in [-0.1, -0.05) is 30.3 Å². The number of primary amides is 1. The van der Waals surface area contributed by atoms with Crippen LogP contribution < -0.4 is 10.5 Å². The number of carbonyl (C=O) groups excluding carboxylic acids is 1. The number of rotatable bonds is 7. The number of hydrogen-bond acceptors (Lipinski definition) is 3. The molecule has 0 saturated carbocycles. The van der Waals surface area contributed by atoms with Gasteiger partial charge in [-0.15, -0.1) is 0 Å². The fraction of sp³-hybridized carbons (Fsp3) is 0.143. The first kappa shape index (κ1) is 18.3. The normalized spacial score (nSPS) is 10.6. The molecule has 0 atom stereocenters.